The molecule has 0 aliphatic rings. The van der Waals surface area contributed by atoms with E-state index in [0.717, 1.165) is 0 Å². The van der Waals surface area contributed by atoms with E-state index in [1.165, 1.54) is 19.4 Å². The molecule has 0 fully saturated rings. The van der Waals surface area contributed by atoms with E-state index in [1.54, 1.807) is 0 Å². The number of carboxylic acids is 2. The number of amides is 4. The highest BCUT2D eigenvalue weighted by Crippen LogP contribution is 2.02. The molecule has 0 saturated heterocycles. The molecule has 1 aromatic rings. The molecule has 15 heteroatoms. The molecule has 4 amide bonds. The SMILES string of the molecule is CC(NC(=O)C(N)CCC(N)=O)C(=O)NC(CC(=O)O)C(=O)NC(Cc1cnc[nH]1)C(=O)O. The van der Waals surface area contributed by atoms with Gasteiger partial charge in [-0.15, -0.1) is 0 Å². The van der Waals surface area contributed by atoms with Crippen molar-refractivity contribution >= 4 is 35.6 Å². The van der Waals surface area contributed by atoms with Crippen LogP contribution in [0.25, 0.3) is 0 Å². The zero-order valence-corrected chi connectivity index (χ0v) is 17.7. The van der Waals surface area contributed by atoms with Crippen LogP contribution < -0.4 is 27.4 Å². The van der Waals surface area contributed by atoms with Gasteiger partial charge in [-0.05, 0) is 13.3 Å². The van der Waals surface area contributed by atoms with Gasteiger partial charge in [0, 0.05) is 24.7 Å². The third-order valence-corrected chi connectivity index (χ3v) is 4.40. The van der Waals surface area contributed by atoms with Crippen LogP contribution >= 0.6 is 0 Å². The molecule has 0 saturated carbocycles. The molecule has 4 atom stereocenters. The summed E-state index contributed by atoms with van der Waals surface area (Å²) in [5.74, 6) is -6.19. The lowest BCUT2D eigenvalue weighted by Gasteiger charge is -2.22. The fourth-order valence-electron chi connectivity index (χ4n) is 2.58. The van der Waals surface area contributed by atoms with Crippen LogP contribution in [-0.4, -0.2) is 79.9 Å². The summed E-state index contributed by atoms with van der Waals surface area (Å²) in [4.78, 5) is 76.8. The molecule has 1 rings (SSSR count). The lowest BCUT2D eigenvalue weighted by molar-refractivity contribution is -0.143. The number of nitrogens with one attached hydrogen (secondary N) is 4. The monoisotopic (exact) mass is 469 g/mol. The van der Waals surface area contributed by atoms with Gasteiger partial charge in [-0.3, -0.25) is 24.0 Å². The van der Waals surface area contributed by atoms with Gasteiger partial charge in [-0.2, -0.15) is 0 Å². The Hall–Kier alpha value is -4.01. The van der Waals surface area contributed by atoms with E-state index in [-0.39, 0.29) is 19.3 Å². The van der Waals surface area contributed by atoms with E-state index in [2.05, 4.69) is 25.9 Å². The van der Waals surface area contributed by atoms with E-state index in [1.807, 2.05) is 0 Å². The lowest BCUT2D eigenvalue weighted by atomic mass is 10.1. The predicted octanol–water partition coefficient (Wildman–Crippen LogP) is -3.42. The Bertz CT molecular complexity index is 873. The fraction of sp³-hybridized carbons (Fsp3) is 0.500. The van der Waals surface area contributed by atoms with Crippen LogP contribution in [0, 0.1) is 0 Å². The number of carboxylic acid groups (broad SMARTS) is 2. The number of aliphatic carboxylic acids is 2. The van der Waals surface area contributed by atoms with Crippen LogP contribution in [0.1, 0.15) is 31.9 Å². The van der Waals surface area contributed by atoms with Crippen LogP contribution in [0.3, 0.4) is 0 Å². The maximum Gasteiger partial charge on any atom is 0.326 e. The molecule has 33 heavy (non-hydrogen) atoms. The van der Waals surface area contributed by atoms with Crippen LogP contribution in [0.15, 0.2) is 12.5 Å². The van der Waals surface area contributed by atoms with Crippen molar-refractivity contribution in [2.45, 2.75) is 56.8 Å². The van der Waals surface area contributed by atoms with Gasteiger partial charge in [0.25, 0.3) is 0 Å². The average Bonchev–Trinajstić information content (AvgIpc) is 3.23. The molecule has 0 spiro atoms. The smallest absolute Gasteiger partial charge is 0.326 e. The predicted molar refractivity (Wildman–Crippen MR) is 110 cm³/mol. The summed E-state index contributed by atoms with van der Waals surface area (Å²) in [6.45, 7) is 1.27. The first kappa shape index (κ1) is 27.0. The number of nitrogens with two attached hydrogens (primary N) is 2. The molecular formula is C18H27N7O8. The molecule has 15 nitrogen and oxygen atoms in total. The van der Waals surface area contributed by atoms with Gasteiger partial charge in [0.2, 0.25) is 23.6 Å². The minimum atomic E-state index is -1.62. The van der Waals surface area contributed by atoms with Crippen molar-refractivity contribution in [2.75, 3.05) is 0 Å². The van der Waals surface area contributed by atoms with E-state index in [0.29, 0.717) is 5.69 Å². The van der Waals surface area contributed by atoms with Crippen LogP contribution in [-0.2, 0) is 35.2 Å². The topological polar surface area (TPSA) is 260 Å². The van der Waals surface area contributed by atoms with Crippen LogP contribution in [0.5, 0.6) is 0 Å². The molecule has 4 unspecified atom stereocenters. The van der Waals surface area contributed by atoms with E-state index >= 15 is 0 Å². The van der Waals surface area contributed by atoms with Crippen molar-refractivity contribution in [1.82, 2.24) is 25.9 Å². The number of rotatable bonds is 14. The average molecular weight is 469 g/mol. The number of carbonyl (C=O) groups is 6. The summed E-state index contributed by atoms with van der Waals surface area (Å²) in [6.07, 6.45) is 1.49. The number of hydrogen-bond acceptors (Lipinski definition) is 8. The molecule has 1 heterocycles. The van der Waals surface area contributed by atoms with Crippen molar-refractivity contribution in [2.24, 2.45) is 11.5 Å². The molecule has 1 aromatic heterocycles. The Balaban J connectivity index is 2.77. The van der Waals surface area contributed by atoms with Crippen molar-refractivity contribution in [1.29, 1.82) is 0 Å². The highest BCUT2D eigenvalue weighted by atomic mass is 16.4. The van der Waals surface area contributed by atoms with Crippen molar-refractivity contribution < 1.29 is 39.0 Å². The maximum atomic E-state index is 12.5. The highest BCUT2D eigenvalue weighted by molar-refractivity contribution is 5.95. The van der Waals surface area contributed by atoms with Gasteiger partial charge < -0.3 is 42.6 Å². The van der Waals surface area contributed by atoms with Gasteiger partial charge in [-0.1, -0.05) is 0 Å². The Morgan fingerprint density at radius 1 is 1.03 bits per heavy atom. The van der Waals surface area contributed by atoms with Crippen LogP contribution in [0.4, 0.5) is 0 Å². The number of H-pyrrole nitrogens is 1. The van der Waals surface area contributed by atoms with Crippen LogP contribution in [0.2, 0.25) is 0 Å². The van der Waals surface area contributed by atoms with Gasteiger partial charge in [-0.25, -0.2) is 9.78 Å². The quantitative estimate of drug-likeness (QED) is 0.134. The first-order valence-corrected chi connectivity index (χ1v) is 9.77. The number of carbonyl (C=O) groups excluding carboxylic acids is 4. The Labute approximate surface area is 187 Å². The Kier molecular flexibility index (Phi) is 10.4. The number of aromatic amines is 1. The summed E-state index contributed by atoms with van der Waals surface area (Å²) >= 11 is 0. The highest BCUT2D eigenvalue weighted by Gasteiger charge is 2.30. The lowest BCUT2D eigenvalue weighted by Crippen LogP contribution is -2.57. The molecule has 0 aliphatic heterocycles. The largest absolute Gasteiger partial charge is 0.481 e. The Morgan fingerprint density at radius 2 is 1.67 bits per heavy atom. The fourth-order valence-corrected chi connectivity index (χ4v) is 2.58. The van der Waals surface area contributed by atoms with Crippen molar-refractivity contribution in [3.05, 3.63) is 18.2 Å². The summed E-state index contributed by atoms with van der Waals surface area (Å²) in [6, 6.07) is -5.39. The summed E-state index contributed by atoms with van der Waals surface area (Å²) in [5.41, 5.74) is 11.0. The van der Waals surface area contributed by atoms with E-state index < -0.39 is 66.2 Å². The molecule has 182 valence electrons. The normalized spacial score (nSPS) is 14.2. The molecule has 0 aromatic carbocycles. The number of nitrogens with zero attached hydrogens (tertiary/aromatic N) is 1. The number of aromatic nitrogens is 2. The zero-order chi connectivity index (χ0) is 25.1. The molecule has 0 radical (unpaired) electrons. The third kappa shape index (κ3) is 9.77. The second kappa shape index (κ2) is 12.7. The van der Waals surface area contributed by atoms with E-state index in [9.17, 15) is 33.9 Å². The minimum absolute atomic E-state index is 0.0491. The zero-order valence-electron chi connectivity index (χ0n) is 17.7. The van der Waals surface area contributed by atoms with Crippen molar-refractivity contribution in [3.63, 3.8) is 0 Å². The second-order valence-electron chi connectivity index (χ2n) is 7.18. The third-order valence-electron chi connectivity index (χ3n) is 4.40. The van der Waals surface area contributed by atoms with Gasteiger partial charge in [0.1, 0.15) is 18.1 Å². The first-order valence-electron chi connectivity index (χ1n) is 9.77. The summed E-state index contributed by atoms with van der Waals surface area (Å²) < 4.78 is 0. The number of imidazole rings is 1. The molecule has 0 bridgehead atoms. The molecular weight excluding hydrogens is 442 g/mol. The minimum Gasteiger partial charge on any atom is -0.481 e. The second-order valence-corrected chi connectivity index (χ2v) is 7.18. The Morgan fingerprint density at radius 3 is 2.18 bits per heavy atom. The summed E-state index contributed by atoms with van der Waals surface area (Å²) in [7, 11) is 0. The number of primary amides is 1. The molecule has 10 N–H and O–H groups in total. The van der Waals surface area contributed by atoms with Gasteiger partial charge >= 0.3 is 11.9 Å². The van der Waals surface area contributed by atoms with Crippen molar-refractivity contribution in [3.8, 4) is 0 Å². The van der Waals surface area contributed by atoms with E-state index in [4.69, 9.17) is 16.6 Å². The van der Waals surface area contributed by atoms with Gasteiger partial charge in [0.05, 0.1) is 18.8 Å². The summed E-state index contributed by atoms with van der Waals surface area (Å²) in [5, 5.41) is 25.0. The maximum absolute atomic E-state index is 12.5. The van der Waals surface area contributed by atoms with Gasteiger partial charge in [0.15, 0.2) is 0 Å². The molecule has 0 aliphatic carbocycles. The standard InChI is InChI=1S/C18H27N7O8/c1-8(23-16(30)10(19)2-3-13(20)26)15(29)24-11(5-14(27)28)17(31)25-12(18(32)33)4-9-6-21-7-22-9/h6-8,10-12H,2-5,19H2,1H3,(H2,20,26)(H,21,22)(H,23,30)(H,24,29)(H,25,31)(H,27,28)(H,32,33). The first-order chi connectivity index (χ1) is 15.4. The number of hydrogen-bond donors (Lipinski definition) is 8.